The van der Waals surface area contributed by atoms with E-state index in [1.807, 2.05) is 13.8 Å². The molecular formula is C48H73NO12. The van der Waals surface area contributed by atoms with Gasteiger partial charge in [-0.3, -0.25) is 14.4 Å². The summed E-state index contributed by atoms with van der Waals surface area (Å²) in [4.78, 5) is 51.9. The van der Waals surface area contributed by atoms with Crippen LogP contribution >= 0.6 is 0 Å². The van der Waals surface area contributed by atoms with E-state index in [0.717, 1.165) is 39.2 Å². The van der Waals surface area contributed by atoms with Gasteiger partial charge in [0.15, 0.2) is 12.1 Å². The fraction of sp³-hybridized carbons (Fsp3) is 0.750. The second kappa shape index (κ2) is 17.7. The van der Waals surface area contributed by atoms with Crippen LogP contribution < -0.4 is 5.32 Å². The maximum absolute atomic E-state index is 13.6. The summed E-state index contributed by atoms with van der Waals surface area (Å²) in [5.74, 6) is -2.71. The van der Waals surface area contributed by atoms with Crippen molar-refractivity contribution in [3.05, 3.63) is 47.0 Å². The summed E-state index contributed by atoms with van der Waals surface area (Å²) >= 11 is 0. The number of aliphatic hydroxyl groups is 5. The van der Waals surface area contributed by atoms with E-state index < -0.39 is 101 Å². The smallest absolute Gasteiger partial charge is 0.332 e. The molecule has 0 unspecified atom stereocenters. The van der Waals surface area contributed by atoms with Gasteiger partial charge >= 0.3 is 17.9 Å². The largest absolute Gasteiger partial charge is 0.467 e. The molecule has 4 aliphatic carbocycles. The number of fused-ring (bicyclic) bond motifs is 4. The molecule has 0 bridgehead atoms. The molecule has 4 aliphatic rings. The molecule has 6 N–H and O–H groups in total. The highest BCUT2D eigenvalue weighted by Crippen LogP contribution is 2.72. The second-order valence-electron chi connectivity index (χ2n) is 21.0. The third kappa shape index (κ3) is 9.33. The number of aliphatic hydroxyl groups excluding tert-OH is 3. The average Bonchev–Trinajstić information content (AvgIpc) is 3.45. The molecule has 1 aromatic rings. The number of rotatable bonds is 15. The third-order valence-electron chi connectivity index (χ3n) is 16.0. The minimum atomic E-state index is -1.92. The van der Waals surface area contributed by atoms with Gasteiger partial charge in [-0.25, -0.2) is 4.79 Å². The third-order valence-corrected chi connectivity index (χ3v) is 16.0. The molecule has 61 heavy (non-hydrogen) atoms. The number of hydrogen-bond donors (Lipinski definition) is 6. The topological polar surface area (TPSA) is 209 Å². The highest BCUT2D eigenvalue weighted by atomic mass is 16.6. The van der Waals surface area contributed by atoms with Crippen LogP contribution in [0, 0.1) is 39.4 Å². The van der Waals surface area contributed by atoms with Gasteiger partial charge in [-0.05, 0) is 106 Å². The number of benzene rings is 1. The Hall–Kier alpha value is -3.36. The zero-order valence-corrected chi connectivity index (χ0v) is 38.2. The van der Waals surface area contributed by atoms with E-state index in [0.29, 0.717) is 24.8 Å². The van der Waals surface area contributed by atoms with Crippen LogP contribution in [-0.4, -0.2) is 98.1 Å². The molecule has 342 valence electrons. The molecule has 2 fully saturated rings. The lowest BCUT2D eigenvalue weighted by Gasteiger charge is -2.64. The summed E-state index contributed by atoms with van der Waals surface area (Å²) in [7, 11) is 1.13. The number of carbonyl (C=O) groups excluding carboxylic acids is 4. The predicted octanol–water partition coefficient (Wildman–Crippen LogP) is 5.63. The number of methoxy groups -OCH3 is 1. The number of nitrogens with one attached hydrogen (secondary N) is 1. The molecular weight excluding hydrogens is 783 g/mol. The molecule has 1 amide bonds. The molecule has 0 aliphatic heterocycles. The quantitative estimate of drug-likeness (QED) is 0.0721. The predicted molar refractivity (Wildman–Crippen MR) is 227 cm³/mol. The van der Waals surface area contributed by atoms with Crippen LogP contribution in [0.5, 0.6) is 0 Å². The average molecular weight is 856 g/mol. The van der Waals surface area contributed by atoms with Gasteiger partial charge in [0.05, 0.1) is 49.5 Å². The number of amides is 1. The highest BCUT2D eigenvalue weighted by Gasteiger charge is 2.67. The van der Waals surface area contributed by atoms with Gasteiger partial charge in [0, 0.05) is 17.8 Å². The number of carbonyl (C=O) groups is 4. The van der Waals surface area contributed by atoms with Gasteiger partial charge in [-0.2, -0.15) is 0 Å². The Morgan fingerprint density at radius 2 is 1.57 bits per heavy atom. The molecule has 0 spiro atoms. The Morgan fingerprint density at radius 1 is 0.934 bits per heavy atom. The molecule has 0 heterocycles. The van der Waals surface area contributed by atoms with Crippen molar-refractivity contribution in [3.63, 3.8) is 0 Å². The Labute approximate surface area is 362 Å². The van der Waals surface area contributed by atoms with E-state index in [2.05, 4.69) is 33.0 Å². The first-order valence-electron chi connectivity index (χ1n) is 22.1. The molecule has 2 saturated carbocycles. The molecule has 5 rings (SSSR count). The number of ether oxygens (including phenoxy) is 3. The van der Waals surface area contributed by atoms with Crippen molar-refractivity contribution in [1.82, 2.24) is 5.32 Å². The first kappa shape index (κ1) is 48.7. The first-order chi connectivity index (χ1) is 28.1. The fourth-order valence-corrected chi connectivity index (χ4v) is 12.6. The monoisotopic (exact) mass is 856 g/mol. The van der Waals surface area contributed by atoms with Crippen molar-refractivity contribution < 1.29 is 58.9 Å². The lowest BCUT2D eigenvalue weighted by molar-refractivity contribution is -0.198. The van der Waals surface area contributed by atoms with Gasteiger partial charge in [0.1, 0.15) is 6.10 Å². The van der Waals surface area contributed by atoms with Gasteiger partial charge < -0.3 is 45.1 Å². The molecule has 0 radical (unpaired) electrons. The SMILES string of the molecule is COC(=O)[C@@H](NC(=O)C[C@@](C)(O)CC(=O)O[C@H]1[C@H](O)C[C@]2(C)C3=C(CC[C@H]2C1(C)C)[C@]1(C)CC[C@H]([C@H](C)CC[C@@H](O)C(C)(C)O)[C@@]1(C)[C@@H](O)C3)[C@@H](OC(C)=O)c1ccccc1. The first-order valence-corrected chi connectivity index (χ1v) is 22.1. The van der Waals surface area contributed by atoms with Crippen molar-refractivity contribution >= 4 is 23.8 Å². The normalized spacial score (nSPS) is 33.7. The van der Waals surface area contributed by atoms with Crippen LogP contribution in [0.4, 0.5) is 0 Å². The van der Waals surface area contributed by atoms with Crippen LogP contribution in [0.3, 0.4) is 0 Å². The van der Waals surface area contributed by atoms with Crippen molar-refractivity contribution in [3.8, 4) is 0 Å². The lowest BCUT2D eigenvalue weighted by atomic mass is 9.42. The van der Waals surface area contributed by atoms with E-state index in [-0.39, 0.29) is 23.2 Å². The fourth-order valence-electron chi connectivity index (χ4n) is 12.6. The minimum Gasteiger partial charge on any atom is -0.467 e. The van der Waals surface area contributed by atoms with Gasteiger partial charge in [-0.1, -0.05) is 83.0 Å². The van der Waals surface area contributed by atoms with Crippen molar-refractivity contribution in [2.24, 2.45) is 39.4 Å². The summed E-state index contributed by atoms with van der Waals surface area (Å²) in [6.45, 7) is 18.7. The Balaban J connectivity index is 1.29. The van der Waals surface area contributed by atoms with Gasteiger partial charge in [0.25, 0.3) is 0 Å². The Morgan fingerprint density at radius 3 is 2.16 bits per heavy atom. The van der Waals surface area contributed by atoms with Crippen LogP contribution in [-0.2, 0) is 33.4 Å². The number of allylic oxidation sites excluding steroid dienone is 1. The molecule has 0 aromatic heterocycles. The van der Waals surface area contributed by atoms with E-state index >= 15 is 0 Å². The minimum absolute atomic E-state index is 0.00382. The number of hydrogen-bond acceptors (Lipinski definition) is 12. The van der Waals surface area contributed by atoms with Crippen molar-refractivity contribution in [2.75, 3.05) is 7.11 Å². The Bertz CT molecular complexity index is 1820. The summed E-state index contributed by atoms with van der Waals surface area (Å²) in [5, 5.41) is 59.0. The molecule has 13 atom stereocenters. The van der Waals surface area contributed by atoms with Gasteiger partial charge in [0.2, 0.25) is 5.91 Å². The zero-order valence-electron chi connectivity index (χ0n) is 38.2. The zero-order chi connectivity index (χ0) is 45.7. The summed E-state index contributed by atoms with van der Waals surface area (Å²) < 4.78 is 16.4. The van der Waals surface area contributed by atoms with E-state index in [9.17, 15) is 44.7 Å². The van der Waals surface area contributed by atoms with Crippen LogP contribution in [0.15, 0.2) is 41.5 Å². The Kier molecular flexibility index (Phi) is 14.1. The summed E-state index contributed by atoms with van der Waals surface area (Å²) in [5.41, 5.74) is -1.92. The van der Waals surface area contributed by atoms with Crippen molar-refractivity contribution in [1.29, 1.82) is 0 Å². The standard InChI is InChI=1S/C48H73NO12/c1-27(17-20-35(52)44(5,6)57)30-21-22-47(9)31-18-19-34-43(3,4)41(33(51)24-46(34,8)32(31)23-36(53)48(30,47)10)61-38(55)26-45(7,58)25-37(54)49-39(42(56)59-11)40(60-28(2)50)29-15-13-12-14-16-29/h12-16,27,30,33-36,39-41,51-53,57-58H,17-26H2,1-11H3,(H,49,54)/t27-,30-,33-,34+,35-,36+,39+,40+,41+,45-,46-,47+,48+/m1/s1. The van der Waals surface area contributed by atoms with Gasteiger partial charge in [-0.15, -0.1) is 0 Å². The number of esters is 3. The van der Waals surface area contributed by atoms with E-state index in [1.165, 1.54) is 25.0 Å². The highest BCUT2D eigenvalue weighted by molar-refractivity contribution is 5.86. The summed E-state index contributed by atoms with van der Waals surface area (Å²) in [6.07, 6.45) is -0.265. The van der Waals surface area contributed by atoms with E-state index in [1.54, 1.807) is 44.2 Å². The molecule has 13 nitrogen and oxygen atoms in total. The van der Waals surface area contributed by atoms with Crippen LogP contribution in [0.2, 0.25) is 0 Å². The maximum atomic E-state index is 13.6. The lowest BCUT2D eigenvalue weighted by Crippen LogP contribution is -2.62. The molecule has 0 saturated heterocycles. The maximum Gasteiger partial charge on any atom is 0.332 e. The van der Waals surface area contributed by atoms with Crippen LogP contribution in [0.25, 0.3) is 0 Å². The van der Waals surface area contributed by atoms with Crippen molar-refractivity contribution in [2.45, 2.75) is 181 Å². The second-order valence-corrected chi connectivity index (χ2v) is 21.0. The van der Waals surface area contributed by atoms with E-state index in [4.69, 9.17) is 14.2 Å². The summed E-state index contributed by atoms with van der Waals surface area (Å²) in [6, 6.07) is 6.93. The van der Waals surface area contributed by atoms with Crippen LogP contribution in [0.1, 0.15) is 145 Å². The molecule has 13 heteroatoms. The molecule has 1 aromatic carbocycles.